The van der Waals surface area contributed by atoms with Crippen molar-refractivity contribution in [2.45, 2.75) is 62.3 Å². The van der Waals surface area contributed by atoms with Gasteiger partial charge in [-0.15, -0.1) is 11.8 Å². The van der Waals surface area contributed by atoms with Crippen LogP contribution < -0.4 is 5.32 Å². The van der Waals surface area contributed by atoms with Crippen molar-refractivity contribution in [3.63, 3.8) is 0 Å². The molecule has 3 nitrogen and oxygen atoms in total. The van der Waals surface area contributed by atoms with Gasteiger partial charge in [0, 0.05) is 0 Å². The largest absolute Gasteiger partial charge is 0.480 e. The maximum absolute atomic E-state index is 11.1. The quantitative estimate of drug-likeness (QED) is 0.743. The van der Waals surface area contributed by atoms with Crippen molar-refractivity contribution < 1.29 is 9.90 Å². The molecule has 0 amide bonds. The van der Waals surface area contributed by atoms with E-state index in [1.807, 2.05) is 11.8 Å². The SMILES string of the molecule is O=C(O)C1CCSC2(CCCCCCC2)N1. The van der Waals surface area contributed by atoms with Gasteiger partial charge >= 0.3 is 5.97 Å². The standard InChI is InChI=1S/C12H21NO2S/c14-11(15)10-6-9-16-12(13-10)7-4-2-1-3-5-8-12/h10,13H,1-9H2,(H,14,15). The number of aliphatic carboxylic acids is 1. The molecule has 2 fully saturated rings. The normalized spacial score (nSPS) is 30.6. The highest BCUT2D eigenvalue weighted by Gasteiger charge is 2.38. The molecule has 2 aliphatic rings. The fraction of sp³-hybridized carbons (Fsp3) is 0.917. The summed E-state index contributed by atoms with van der Waals surface area (Å²) in [4.78, 5) is 11.1. The van der Waals surface area contributed by atoms with Gasteiger partial charge < -0.3 is 5.11 Å². The van der Waals surface area contributed by atoms with Crippen LogP contribution in [0.2, 0.25) is 0 Å². The molecule has 1 heterocycles. The van der Waals surface area contributed by atoms with Crippen LogP contribution in [0.25, 0.3) is 0 Å². The molecular weight excluding hydrogens is 222 g/mol. The van der Waals surface area contributed by atoms with Gasteiger partial charge in [0.25, 0.3) is 0 Å². The highest BCUT2D eigenvalue weighted by atomic mass is 32.2. The molecule has 92 valence electrons. The topological polar surface area (TPSA) is 49.3 Å². The molecule has 0 radical (unpaired) electrons. The van der Waals surface area contributed by atoms with Crippen molar-refractivity contribution in [2.75, 3.05) is 5.75 Å². The minimum absolute atomic E-state index is 0.0712. The highest BCUT2D eigenvalue weighted by molar-refractivity contribution is 8.00. The van der Waals surface area contributed by atoms with Crippen molar-refractivity contribution in [1.29, 1.82) is 0 Å². The summed E-state index contributed by atoms with van der Waals surface area (Å²) in [6, 6.07) is -0.319. The maximum atomic E-state index is 11.1. The van der Waals surface area contributed by atoms with Crippen LogP contribution in [0.1, 0.15) is 51.4 Å². The van der Waals surface area contributed by atoms with E-state index >= 15 is 0 Å². The van der Waals surface area contributed by atoms with Crippen LogP contribution in [0.3, 0.4) is 0 Å². The Bertz CT molecular complexity index is 249. The van der Waals surface area contributed by atoms with E-state index in [4.69, 9.17) is 5.11 Å². The van der Waals surface area contributed by atoms with Gasteiger partial charge in [0.05, 0.1) is 4.87 Å². The zero-order valence-electron chi connectivity index (χ0n) is 9.71. The molecule has 0 bridgehead atoms. The zero-order chi connectivity index (χ0) is 11.4. The smallest absolute Gasteiger partial charge is 0.320 e. The molecule has 16 heavy (non-hydrogen) atoms. The Kier molecular flexibility index (Phi) is 4.14. The van der Waals surface area contributed by atoms with Gasteiger partial charge in [-0.3, -0.25) is 10.1 Å². The Balaban J connectivity index is 2.00. The summed E-state index contributed by atoms with van der Waals surface area (Å²) in [5, 5.41) is 12.5. The predicted molar refractivity (Wildman–Crippen MR) is 66.7 cm³/mol. The summed E-state index contributed by atoms with van der Waals surface area (Å²) >= 11 is 1.96. The minimum atomic E-state index is -0.679. The Morgan fingerprint density at radius 1 is 1.19 bits per heavy atom. The van der Waals surface area contributed by atoms with Crippen molar-refractivity contribution in [3.8, 4) is 0 Å². The summed E-state index contributed by atoms with van der Waals surface area (Å²) in [5.74, 6) is 0.311. The van der Waals surface area contributed by atoms with Crippen molar-refractivity contribution in [3.05, 3.63) is 0 Å². The van der Waals surface area contributed by atoms with E-state index in [-0.39, 0.29) is 10.9 Å². The Labute approximate surface area is 101 Å². The number of carboxylic acid groups (broad SMARTS) is 1. The van der Waals surface area contributed by atoms with Crippen LogP contribution in [-0.2, 0) is 4.79 Å². The van der Waals surface area contributed by atoms with Gasteiger partial charge in [0.1, 0.15) is 6.04 Å². The van der Waals surface area contributed by atoms with E-state index in [0.29, 0.717) is 0 Å². The average Bonchev–Trinajstić information content (AvgIpc) is 2.25. The Hall–Kier alpha value is -0.220. The maximum Gasteiger partial charge on any atom is 0.320 e. The van der Waals surface area contributed by atoms with Crippen molar-refractivity contribution in [2.24, 2.45) is 0 Å². The molecule has 1 unspecified atom stereocenters. The van der Waals surface area contributed by atoms with E-state index in [1.165, 1.54) is 32.1 Å². The molecule has 0 aromatic heterocycles. The number of hydrogen-bond acceptors (Lipinski definition) is 3. The lowest BCUT2D eigenvalue weighted by atomic mass is 9.95. The third-order valence-corrected chi connectivity index (χ3v) is 5.20. The third kappa shape index (κ3) is 2.92. The van der Waals surface area contributed by atoms with E-state index in [2.05, 4.69) is 5.32 Å². The molecule has 1 spiro atoms. The fourth-order valence-corrected chi connectivity index (χ4v) is 4.30. The van der Waals surface area contributed by atoms with Crippen LogP contribution >= 0.6 is 11.8 Å². The first-order valence-electron chi connectivity index (χ1n) is 6.36. The van der Waals surface area contributed by atoms with Crippen LogP contribution in [0.4, 0.5) is 0 Å². The molecule has 1 aliphatic heterocycles. The van der Waals surface area contributed by atoms with E-state index in [1.54, 1.807) is 0 Å². The third-order valence-electron chi connectivity index (χ3n) is 3.68. The second-order valence-corrected chi connectivity index (χ2v) is 6.41. The first-order valence-corrected chi connectivity index (χ1v) is 7.35. The predicted octanol–water partition coefficient (Wildman–Crippen LogP) is 2.61. The van der Waals surface area contributed by atoms with Crippen molar-refractivity contribution in [1.82, 2.24) is 5.32 Å². The number of carbonyl (C=O) groups is 1. The lowest BCUT2D eigenvalue weighted by molar-refractivity contribution is -0.140. The molecule has 1 atom stereocenters. The molecule has 0 aromatic rings. The number of rotatable bonds is 1. The van der Waals surface area contributed by atoms with Crippen molar-refractivity contribution >= 4 is 17.7 Å². The fourth-order valence-electron chi connectivity index (χ4n) is 2.75. The number of hydrogen-bond donors (Lipinski definition) is 2. The summed E-state index contributed by atoms with van der Waals surface area (Å²) < 4.78 is 0. The molecule has 4 heteroatoms. The number of thioether (sulfide) groups is 1. The first-order chi connectivity index (χ1) is 7.72. The monoisotopic (exact) mass is 243 g/mol. The number of nitrogens with one attached hydrogen (secondary N) is 1. The minimum Gasteiger partial charge on any atom is -0.480 e. The summed E-state index contributed by atoms with van der Waals surface area (Å²) in [6.07, 6.45) is 9.50. The van der Waals surface area contributed by atoms with E-state index < -0.39 is 5.97 Å². The Morgan fingerprint density at radius 2 is 1.81 bits per heavy atom. The lowest BCUT2D eigenvalue weighted by Crippen LogP contribution is -2.54. The molecule has 2 rings (SSSR count). The van der Waals surface area contributed by atoms with Gasteiger partial charge in [0.15, 0.2) is 0 Å². The summed E-state index contributed by atoms with van der Waals surface area (Å²) in [6.45, 7) is 0. The number of carboxylic acids is 1. The second-order valence-electron chi connectivity index (χ2n) is 4.93. The van der Waals surface area contributed by atoms with Crippen LogP contribution in [0.15, 0.2) is 0 Å². The zero-order valence-corrected chi connectivity index (χ0v) is 10.5. The highest BCUT2D eigenvalue weighted by Crippen LogP contribution is 2.39. The first kappa shape index (κ1) is 12.2. The van der Waals surface area contributed by atoms with Gasteiger partial charge in [-0.1, -0.05) is 32.1 Å². The average molecular weight is 243 g/mol. The lowest BCUT2D eigenvalue weighted by Gasteiger charge is -2.41. The van der Waals surface area contributed by atoms with Gasteiger partial charge in [-0.25, -0.2) is 0 Å². The summed E-state index contributed by atoms with van der Waals surface area (Å²) in [7, 11) is 0. The van der Waals surface area contributed by atoms with Gasteiger partial charge in [0.2, 0.25) is 0 Å². The molecule has 0 aromatic carbocycles. The Morgan fingerprint density at radius 3 is 2.44 bits per heavy atom. The van der Waals surface area contributed by atoms with Crippen LogP contribution in [0, 0.1) is 0 Å². The molecule has 2 N–H and O–H groups in total. The van der Waals surface area contributed by atoms with E-state index in [9.17, 15) is 4.79 Å². The molecule has 1 saturated heterocycles. The van der Waals surface area contributed by atoms with Crippen LogP contribution in [-0.4, -0.2) is 27.7 Å². The van der Waals surface area contributed by atoms with Crippen LogP contribution in [0.5, 0.6) is 0 Å². The van der Waals surface area contributed by atoms with E-state index in [0.717, 1.165) is 25.0 Å². The van der Waals surface area contributed by atoms with Gasteiger partial charge in [-0.05, 0) is 25.0 Å². The van der Waals surface area contributed by atoms with Gasteiger partial charge in [-0.2, -0.15) is 0 Å². The molecular formula is C12H21NO2S. The molecule has 1 saturated carbocycles. The summed E-state index contributed by atoms with van der Waals surface area (Å²) in [5.41, 5.74) is 0. The second kappa shape index (κ2) is 5.41. The molecule has 1 aliphatic carbocycles.